The van der Waals surface area contributed by atoms with Gasteiger partial charge in [-0.15, -0.1) is 0 Å². The van der Waals surface area contributed by atoms with Gasteiger partial charge in [-0.05, 0) is 19.1 Å². The number of carbonyl (C=O) groups excluding carboxylic acids is 1. The van der Waals surface area contributed by atoms with Crippen LogP contribution in [0.4, 0.5) is 0 Å². The molecule has 0 N–H and O–H groups in total. The Labute approximate surface area is 103 Å². The monoisotopic (exact) mass is 274 g/mol. The largest absolute Gasteiger partial charge is 0.289 e. The van der Waals surface area contributed by atoms with Gasteiger partial charge in [-0.3, -0.25) is 4.79 Å². The maximum atomic E-state index is 12.1. The van der Waals surface area contributed by atoms with Crippen molar-refractivity contribution in [2.45, 2.75) is 6.92 Å². The van der Waals surface area contributed by atoms with Crippen molar-refractivity contribution in [1.82, 2.24) is 0 Å². The van der Waals surface area contributed by atoms with Crippen LogP contribution < -0.4 is 0 Å². The summed E-state index contributed by atoms with van der Waals surface area (Å²) in [6.45, 7) is 2.01. The highest BCUT2D eigenvalue weighted by Gasteiger charge is 2.08. The molecule has 0 saturated carbocycles. The van der Waals surface area contributed by atoms with E-state index in [0.717, 1.165) is 15.6 Å². The quantitative estimate of drug-likeness (QED) is 0.757. The highest BCUT2D eigenvalue weighted by molar-refractivity contribution is 9.10. The van der Waals surface area contributed by atoms with Gasteiger partial charge >= 0.3 is 0 Å². The average Bonchev–Trinajstić information content (AvgIpc) is 2.29. The fourth-order valence-electron chi connectivity index (χ4n) is 1.50. The van der Waals surface area contributed by atoms with E-state index in [-0.39, 0.29) is 5.78 Å². The minimum atomic E-state index is 0.0568. The Morgan fingerprint density at radius 1 is 1.00 bits per heavy atom. The Balaban J connectivity index is 2.35. The van der Waals surface area contributed by atoms with Gasteiger partial charge in [0, 0.05) is 15.6 Å². The summed E-state index contributed by atoms with van der Waals surface area (Å²) in [7, 11) is 0. The van der Waals surface area contributed by atoms with Crippen LogP contribution in [0.1, 0.15) is 21.5 Å². The lowest BCUT2D eigenvalue weighted by Crippen LogP contribution is -2.00. The van der Waals surface area contributed by atoms with Crippen molar-refractivity contribution >= 4 is 21.7 Å². The van der Waals surface area contributed by atoms with E-state index in [0.29, 0.717) is 5.56 Å². The first-order valence-corrected chi connectivity index (χ1v) is 5.83. The molecule has 0 bridgehead atoms. The summed E-state index contributed by atoms with van der Waals surface area (Å²) in [5.74, 6) is 0.0568. The normalized spacial score (nSPS) is 10.1. The van der Waals surface area contributed by atoms with Gasteiger partial charge in [0.1, 0.15) is 0 Å². The maximum Gasteiger partial charge on any atom is 0.193 e. The summed E-state index contributed by atoms with van der Waals surface area (Å²) in [6, 6.07) is 15.1. The molecule has 0 atom stereocenters. The number of halogens is 1. The van der Waals surface area contributed by atoms with Crippen LogP contribution in [-0.2, 0) is 0 Å². The minimum Gasteiger partial charge on any atom is -0.289 e. The molecule has 0 aliphatic carbocycles. The molecular weight excluding hydrogens is 264 g/mol. The summed E-state index contributed by atoms with van der Waals surface area (Å²) >= 11 is 3.36. The average molecular weight is 275 g/mol. The van der Waals surface area contributed by atoms with Crippen LogP contribution >= 0.6 is 15.9 Å². The van der Waals surface area contributed by atoms with Crippen LogP contribution in [0.25, 0.3) is 0 Å². The molecule has 0 fully saturated rings. The number of hydrogen-bond acceptors (Lipinski definition) is 1. The van der Waals surface area contributed by atoms with E-state index in [2.05, 4.69) is 15.9 Å². The van der Waals surface area contributed by atoms with Crippen molar-refractivity contribution in [3.8, 4) is 0 Å². The Hall–Kier alpha value is -1.41. The first-order valence-electron chi connectivity index (χ1n) is 5.04. The second kappa shape index (κ2) is 4.62. The van der Waals surface area contributed by atoms with Crippen LogP contribution in [0.3, 0.4) is 0 Å². The molecule has 0 aliphatic heterocycles. The SMILES string of the molecule is Cc1ccc(C(=O)c2cccc(Br)c2)cc1. The molecule has 0 spiro atoms. The number of ketones is 1. The van der Waals surface area contributed by atoms with Crippen molar-refractivity contribution in [1.29, 1.82) is 0 Å². The van der Waals surface area contributed by atoms with E-state index in [1.54, 1.807) is 0 Å². The fraction of sp³-hybridized carbons (Fsp3) is 0.0714. The summed E-state index contributed by atoms with van der Waals surface area (Å²) in [5, 5.41) is 0. The first-order chi connectivity index (χ1) is 7.66. The zero-order valence-corrected chi connectivity index (χ0v) is 10.5. The minimum absolute atomic E-state index is 0.0568. The van der Waals surface area contributed by atoms with Gasteiger partial charge in [-0.1, -0.05) is 57.9 Å². The lowest BCUT2D eigenvalue weighted by atomic mass is 10.0. The third-order valence-corrected chi connectivity index (χ3v) is 2.89. The van der Waals surface area contributed by atoms with Gasteiger partial charge < -0.3 is 0 Å². The van der Waals surface area contributed by atoms with Crippen molar-refractivity contribution in [2.24, 2.45) is 0 Å². The number of aryl methyl sites for hydroxylation is 1. The van der Waals surface area contributed by atoms with E-state index >= 15 is 0 Å². The molecule has 0 amide bonds. The van der Waals surface area contributed by atoms with Gasteiger partial charge in [-0.2, -0.15) is 0 Å². The van der Waals surface area contributed by atoms with Crippen molar-refractivity contribution < 1.29 is 4.79 Å². The molecule has 0 aliphatic rings. The first kappa shape index (κ1) is 11.1. The predicted octanol–water partition coefficient (Wildman–Crippen LogP) is 3.99. The predicted molar refractivity (Wildman–Crippen MR) is 68.8 cm³/mol. The van der Waals surface area contributed by atoms with Crippen LogP contribution in [0.5, 0.6) is 0 Å². The van der Waals surface area contributed by atoms with Gasteiger partial charge in [0.2, 0.25) is 0 Å². The van der Waals surface area contributed by atoms with E-state index in [1.165, 1.54) is 0 Å². The van der Waals surface area contributed by atoms with Crippen LogP contribution in [0.15, 0.2) is 53.0 Å². The molecule has 0 radical (unpaired) electrons. The molecule has 2 heteroatoms. The van der Waals surface area contributed by atoms with Crippen LogP contribution in [0.2, 0.25) is 0 Å². The molecule has 2 aromatic rings. The van der Waals surface area contributed by atoms with Crippen molar-refractivity contribution in [3.63, 3.8) is 0 Å². The van der Waals surface area contributed by atoms with Gasteiger partial charge in [0.15, 0.2) is 5.78 Å². The summed E-state index contributed by atoms with van der Waals surface area (Å²) in [4.78, 5) is 12.1. The van der Waals surface area contributed by atoms with E-state index < -0.39 is 0 Å². The third-order valence-electron chi connectivity index (χ3n) is 2.40. The molecule has 16 heavy (non-hydrogen) atoms. The number of carbonyl (C=O) groups is 1. The van der Waals surface area contributed by atoms with Gasteiger partial charge in [0.25, 0.3) is 0 Å². The van der Waals surface area contributed by atoms with Gasteiger partial charge in [-0.25, -0.2) is 0 Å². The lowest BCUT2D eigenvalue weighted by Gasteiger charge is -2.02. The summed E-state index contributed by atoms with van der Waals surface area (Å²) in [6.07, 6.45) is 0. The number of hydrogen-bond donors (Lipinski definition) is 0. The van der Waals surface area contributed by atoms with Gasteiger partial charge in [0.05, 0.1) is 0 Å². The fourth-order valence-corrected chi connectivity index (χ4v) is 1.90. The maximum absolute atomic E-state index is 12.1. The topological polar surface area (TPSA) is 17.1 Å². The number of benzene rings is 2. The highest BCUT2D eigenvalue weighted by Crippen LogP contribution is 2.15. The third kappa shape index (κ3) is 2.39. The van der Waals surface area contributed by atoms with E-state index in [4.69, 9.17) is 0 Å². The molecular formula is C14H11BrO. The smallest absolute Gasteiger partial charge is 0.193 e. The Morgan fingerprint density at radius 3 is 2.31 bits per heavy atom. The Bertz CT molecular complexity index is 515. The van der Waals surface area contributed by atoms with Crippen LogP contribution in [0, 0.1) is 6.92 Å². The van der Waals surface area contributed by atoms with E-state index in [1.807, 2.05) is 55.5 Å². The second-order valence-electron chi connectivity index (χ2n) is 3.71. The van der Waals surface area contributed by atoms with Crippen molar-refractivity contribution in [2.75, 3.05) is 0 Å². The lowest BCUT2D eigenvalue weighted by molar-refractivity contribution is 0.103. The molecule has 2 rings (SSSR count). The highest BCUT2D eigenvalue weighted by atomic mass is 79.9. The van der Waals surface area contributed by atoms with Crippen LogP contribution in [-0.4, -0.2) is 5.78 Å². The number of rotatable bonds is 2. The van der Waals surface area contributed by atoms with Crippen molar-refractivity contribution in [3.05, 3.63) is 69.7 Å². The molecule has 0 unspecified atom stereocenters. The molecule has 0 aromatic heterocycles. The molecule has 2 aromatic carbocycles. The second-order valence-corrected chi connectivity index (χ2v) is 4.62. The zero-order chi connectivity index (χ0) is 11.5. The van der Waals surface area contributed by atoms with E-state index in [9.17, 15) is 4.79 Å². The summed E-state index contributed by atoms with van der Waals surface area (Å²) in [5.41, 5.74) is 2.59. The molecule has 0 heterocycles. The Kier molecular flexibility index (Phi) is 3.20. The summed E-state index contributed by atoms with van der Waals surface area (Å²) < 4.78 is 0.922. The molecule has 1 nitrogen and oxygen atoms in total. The molecule has 0 saturated heterocycles. The molecule has 80 valence electrons. The zero-order valence-electron chi connectivity index (χ0n) is 8.91. The standard InChI is InChI=1S/C14H11BrO/c1-10-5-7-11(8-6-10)14(16)12-3-2-4-13(15)9-12/h2-9H,1H3. The Morgan fingerprint density at radius 2 is 1.69 bits per heavy atom.